The Kier molecular flexibility index (Phi) is 5.29. The molecule has 1 unspecified atom stereocenters. The average molecular weight is 249 g/mol. The quantitative estimate of drug-likeness (QED) is 0.518. The standard InChI is InChI=1S/C17H31N/c1-4-5-6-10-16-13-18(3)17-11-8-7-9-15(17)12-14(16)2/h15-17H,2,4-13H2,1,3H3/t15-,16?,17-/m0/s1. The van der Waals surface area contributed by atoms with Crippen LogP contribution >= 0.6 is 0 Å². The minimum atomic E-state index is 0.771. The van der Waals surface area contributed by atoms with Crippen LogP contribution in [0.15, 0.2) is 12.2 Å². The number of likely N-dealkylation sites (tertiary alicyclic amines) is 1. The molecule has 1 heteroatoms. The van der Waals surface area contributed by atoms with Crippen molar-refractivity contribution in [2.75, 3.05) is 13.6 Å². The average Bonchev–Trinajstić information content (AvgIpc) is 2.48. The Bertz CT molecular complexity index is 271. The van der Waals surface area contributed by atoms with Gasteiger partial charge in [0.05, 0.1) is 0 Å². The van der Waals surface area contributed by atoms with E-state index in [4.69, 9.17) is 0 Å². The third-order valence-corrected chi connectivity index (χ3v) is 5.20. The number of rotatable bonds is 4. The summed E-state index contributed by atoms with van der Waals surface area (Å²) >= 11 is 0. The van der Waals surface area contributed by atoms with Gasteiger partial charge in [0.1, 0.15) is 0 Å². The summed E-state index contributed by atoms with van der Waals surface area (Å²) in [6, 6.07) is 0.853. The predicted molar refractivity (Wildman–Crippen MR) is 79.8 cm³/mol. The lowest BCUT2D eigenvalue weighted by Gasteiger charge is -2.36. The van der Waals surface area contributed by atoms with Crippen molar-refractivity contribution in [2.24, 2.45) is 11.8 Å². The maximum absolute atomic E-state index is 4.43. The highest BCUT2D eigenvalue weighted by Crippen LogP contribution is 2.38. The van der Waals surface area contributed by atoms with Crippen LogP contribution in [0.3, 0.4) is 0 Å². The predicted octanol–water partition coefficient (Wildman–Crippen LogP) is 4.63. The van der Waals surface area contributed by atoms with Crippen LogP contribution in [-0.2, 0) is 0 Å². The van der Waals surface area contributed by atoms with Crippen molar-refractivity contribution in [3.05, 3.63) is 12.2 Å². The fraction of sp³-hybridized carbons (Fsp3) is 0.882. The molecule has 1 saturated heterocycles. The van der Waals surface area contributed by atoms with Gasteiger partial charge >= 0.3 is 0 Å². The van der Waals surface area contributed by atoms with Crippen LogP contribution in [0.25, 0.3) is 0 Å². The second-order valence-electron chi connectivity index (χ2n) is 6.61. The first-order valence-electron chi connectivity index (χ1n) is 8.10. The highest BCUT2D eigenvalue weighted by molar-refractivity contribution is 5.07. The van der Waals surface area contributed by atoms with Gasteiger partial charge in [0.15, 0.2) is 0 Å². The first-order valence-corrected chi connectivity index (χ1v) is 8.10. The highest BCUT2D eigenvalue weighted by atomic mass is 15.1. The van der Waals surface area contributed by atoms with Gasteiger partial charge in [-0.25, -0.2) is 0 Å². The molecular formula is C17H31N. The van der Waals surface area contributed by atoms with Gasteiger partial charge in [0, 0.05) is 12.6 Å². The van der Waals surface area contributed by atoms with E-state index in [0.717, 1.165) is 17.9 Å². The molecule has 2 rings (SSSR count). The lowest BCUT2D eigenvalue weighted by molar-refractivity contribution is 0.136. The molecule has 0 N–H and O–H groups in total. The zero-order valence-corrected chi connectivity index (χ0v) is 12.5. The van der Waals surface area contributed by atoms with Gasteiger partial charge in [0.2, 0.25) is 0 Å². The molecule has 1 heterocycles. The maximum Gasteiger partial charge on any atom is 0.0124 e. The Morgan fingerprint density at radius 1 is 1.22 bits per heavy atom. The number of unbranched alkanes of at least 4 members (excludes halogenated alkanes) is 2. The van der Waals surface area contributed by atoms with Crippen LogP contribution in [0, 0.1) is 11.8 Å². The zero-order chi connectivity index (χ0) is 13.0. The molecule has 1 nitrogen and oxygen atoms in total. The van der Waals surface area contributed by atoms with Gasteiger partial charge in [0.25, 0.3) is 0 Å². The van der Waals surface area contributed by atoms with Gasteiger partial charge in [-0.15, -0.1) is 0 Å². The molecule has 0 aromatic rings. The summed E-state index contributed by atoms with van der Waals surface area (Å²) in [4.78, 5) is 2.67. The van der Waals surface area contributed by atoms with Crippen LogP contribution in [0.4, 0.5) is 0 Å². The molecule has 0 spiro atoms. The third-order valence-electron chi connectivity index (χ3n) is 5.20. The van der Waals surface area contributed by atoms with E-state index in [1.807, 2.05) is 0 Å². The van der Waals surface area contributed by atoms with E-state index in [1.165, 1.54) is 64.3 Å². The summed E-state index contributed by atoms with van der Waals surface area (Å²) in [5, 5.41) is 0. The third kappa shape index (κ3) is 3.38. The summed E-state index contributed by atoms with van der Waals surface area (Å²) < 4.78 is 0. The Balaban J connectivity index is 1.95. The van der Waals surface area contributed by atoms with Crippen molar-refractivity contribution in [1.82, 2.24) is 4.90 Å². The van der Waals surface area contributed by atoms with Gasteiger partial charge in [-0.05, 0) is 44.6 Å². The number of nitrogens with zero attached hydrogens (tertiary/aromatic N) is 1. The molecule has 2 fully saturated rings. The van der Waals surface area contributed by atoms with Gasteiger partial charge in [-0.1, -0.05) is 51.2 Å². The van der Waals surface area contributed by atoms with Gasteiger partial charge < -0.3 is 4.90 Å². The van der Waals surface area contributed by atoms with E-state index in [-0.39, 0.29) is 0 Å². The molecule has 1 aliphatic carbocycles. The summed E-state index contributed by atoms with van der Waals surface area (Å²) in [5.41, 5.74) is 1.56. The lowest BCUT2D eigenvalue weighted by Crippen LogP contribution is -2.39. The highest BCUT2D eigenvalue weighted by Gasteiger charge is 2.33. The van der Waals surface area contributed by atoms with Crippen LogP contribution in [0.5, 0.6) is 0 Å². The fourth-order valence-corrected chi connectivity index (χ4v) is 4.06. The van der Waals surface area contributed by atoms with Crippen molar-refractivity contribution < 1.29 is 0 Å². The molecule has 0 radical (unpaired) electrons. The Labute approximate surface area is 114 Å². The molecule has 1 aliphatic heterocycles. The van der Waals surface area contributed by atoms with Crippen molar-refractivity contribution in [1.29, 1.82) is 0 Å². The first kappa shape index (κ1) is 14.1. The van der Waals surface area contributed by atoms with Crippen molar-refractivity contribution in [2.45, 2.75) is 70.8 Å². The van der Waals surface area contributed by atoms with Crippen molar-refractivity contribution in [3.63, 3.8) is 0 Å². The SMILES string of the molecule is C=C1C[C@@H]2CCCC[C@@H]2N(C)CC1CCCCC. The van der Waals surface area contributed by atoms with Crippen molar-refractivity contribution >= 4 is 0 Å². The molecule has 0 aromatic carbocycles. The van der Waals surface area contributed by atoms with Crippen LogP contribution < -0.4 is 0 Å². The molecule has 0 aromatic heterocycles. The topological polar surface area (TPSA) is 3.24 Å². The van der Waals surface area contributed by atoms with Crippen LogP contribution in [-0.4, -0.2) is 24.5 Å². The van der Waals surface area contributed by atoms with Crippen LogP contribution in [0.2, 0.25) is 0 Å². The zero-order valence-electron chi connectivity index (χ0n) is 12.5. The second-order valence-corrected chi connectivity index (χ2v) is 6.61. The minimum absolute atomic E-state index is 0.771. The molecule has 2 aliphatic rings. The Morgan fingerprint density at radius 3 is 2.78 bits per heavy atom. The van der Waals surface area contributed by atoms with Crippen LogP contribution in [0.1, 0.15) is 64.7 Å². The van der Waals surface area contributed by atoms with E-state index in [1.54, 1.807) is 5.57 Å². The Morgan fingerprint density at radius 2 is 2.00 bits per heavy atom. The molecule has 3 atom stereocenters. The number of fused-ring (bicyclic) bond motifs is 1. The fourth-order valence-electron chi connectivity index (χ4n) is 4.06. The molecule has 104 valence electrons. The largest absolute Gasteiger partial charge is 0.303 e. The Hall–Kier alpha value is -0.300. The smallest absolute Gasteiger partial charge is 0.0124 e. The second kappa shape index (κ2) is 6.75. The number of hydrogen-bond donors (Lipinski definition) is 0. The monoisotopic (exact) mass is 249 g/mol. The summed E-state index contributed by atoms with van der Waals surface area (Å²) in [6.07, 6.45) is 12.6. The molecule has 0 bridgehead atoms. The van der Waals surface area contributed by atoms with E-state index in [9.17, 15) is 0 Å². The summed E-state index contributed by atoms with van der Waals surface area (Å²) in [7, 11) is 2.36. The molecule has 18 heavy (non-hydrogen) atoms. The maximum atomic E-state index is 4.43. The summed E-state index contributed by atoms with van der Waals surface area (Å²) in [6.45, 7) is 7.99. The van der Waals surface area contributed by atoms with E-state index in [2.05, 4.69) is 25.5 Å². The normalized spacial score (nSPS) is 34.1. The van der Waals surface area contributed by atoms with Gasteiger partial charge in [-0.2, -0.15) is 0 Å². The van der Waals surface area contributed by atoms with E-state index >= 15 is 0 Å². The van der Waals surface area contributed by atoms with E-state index < -0.39 is 0 Å². The molecule has 1 saturated carbocycles. The van der Waals surface area contributed by atoms with Crippen molar-refractivity contribution in [3.8, 4) is 0 Å². The van der Waals surface area contributed by atoms with Gasteiger partial charge in [-0.3, -0.25) is 0 Å². The molecule has 0 amide bonds. The first-order chi connectivity index (χ1) is 8.72. The lowest BCUT2D eigenvalue weighted by atomic mass is 9.80. The number of hydrogen-bond acceptors (Lipinski definition) is 1. The van der Waals surface area contributed by atoms with E-state index in [0.29, 0.717) is 0 Å². The summed E-state index contributed by atoms with van der Waals surface area (Å²) in [5.74, 6) is 1.68. The molecular weight excluding hydrogens is 218 g/mol. The minimum Gasteiger partial charge on any atom is -0.303 e.